The Hall–Kier alpha value is -0.240. The van der Waals surface area contributed by atoms with E-state index in [0.29, 0.717) is 11.0 Å². The van der Waals surface area contributed by atoms with Gasteiger partial charge in [0.2, 0.25) is 0 Å². The minimum Gasteiger partial charge on any atom is -0.295 e. The lowest BCUT2D eigenvalue weighted by Gasteiger charge is -2.06. The van der Waals surface area contributed by atoms with Gasteiger partial charge in [-0.2, -0.15) is 11.8 Å². The lowest BCUT2D eigenvalue weighted by molar-refractivity contribution is -0.113. The van der Waals surface area contributed by atoms with Gasteiger partial charge in [0, 0.05) is 11.7 Å². The minimum absolute atomic E-state index is 0.306. The van der Waals surface area contributed by atoms with Crippen molar-refractivity contribution in [3.05, 3.63) is 12.2 Å². The van der Waals surface area contributed by atoms with Crippen LogP contribution in [0.4, 0.5) is 0 Å². The molecule has 0 aromatic rings. The zero-order valence-corrected chi connectivity index (χ0v) is 13.4. The molecule has 0 unspecified atom stereocenters. The molecule has 19 heavy (non-hydrogen) atoms. The van der Waals surface area contributed by atoms with Crippen LogP contribution >= 0.6 is 11.8 Å². The third-order valence-electron chi connectivity index (χ3n) is 3.73. The highest BCUT2D eigenvalue weighted by molar-refractivity contribution is 8.00. The number of carbonyl (C=O) groups is 1. The van der Waals surface area contributed by atoms with Crippen molar-refractivity contribution in [1.29, 1.82) is 0 Å². The molecule has 1 nitrogen and oxygen atoms in total. The summed E-state index contributed by atoms with van der Waals surface area (Å²) in [5, 5.41) is 0.478. The van der Waals surface area contributed by atoms with E-state index in [1.54, 1.807) is 6.08 Å². The van der Waals surface area contributed by atoms with Crippen LogP contribution in [0, 0.1) is 0 Å². The van der Waals surface area contributed by atoms with Crippen LogP contribution in [-0.2, 0) is 4.79 Å². The van der Waals surface area contributed by atoms with Crippen molar-refractivity contribution in [2.75, 3.05) is 5.75 Å². The molecule has 1 aliphatic carbocycles. The Kier molecular flexibility index (Phi) is 10.2. The first kappa shape index (κ1) is 16.8. The summed E-state index contributed by atoms with van der Waals surface area (Å²) in [5.74, 6) is 1.53. The lowest BCUT2D eigenvalue weighted by Crippen LogP contribution is -1.98. The molecular formula is C17H30OS. The monoisotopic (exact) mass is 282 g/mol. The molecule has 0 bridgehead atoms. The van der Waals surface area contributed by atoms with Crippen LogP contribution in [0.3, 0.4) is 0 Å². The average molecular weight is 282 g/mol. The summed E-state index contributed by atoms with van der Waals surface area (Å²) in [5.41, 5.74) is 0. The van der Waals surface area contributed by atoms with Crippen LogP contribution in [0.25, 0.3) is 0 Å². The molecular weight excluding hydrogens is 252 g/mol. The van der Waals surface area contributed by atoms with Gasteiger partial charge in [-0.25, -0.2) is 0 Å². The van der Waals surface area contributed by atoms with E-state index in [4.69, 9.17) is 0 Å². The quantitative estimate of drug-likeness (QED) is 0.437. The van der Waals surface area contributed by atoms with Crippen molar-refractivity contribution in [1.82, 2.24) is 0 Å². The summed E-state index contributed by atoms with van der Waals surface area (Å²) < 4.78 is 0. The molecule has 0 fully saturated rings. The van der Waals surface area contributed by atoms with E-state index in [9.17, 15) is 4.79 Å². The second-order valence-electron chi connectivity index (χ2n) is 5.62. The number of carbonyl (C=O) groups excluding carboxylic acids is 1. The van der Waals surface area contributed by atoms with Gasteiger partial charge < -0.3 is 0 Å². The Labute approximate surface area is 123 Å². The molecule has 0 radical (unpaired) electrons. The third-order valence-corrected chi connectivity index (χ3v) is 5.01. The van der Waals surface area contributed by atoms with Gasteiger partial charge in [-0.1, -0.05) is 70.8 Å². The van der Waals surface area contributed by atoms with Crippen LogP contribution in [-0.4, -0.2) is 16.8 Å². The molecule has 0 aliphatic heterocycles. The number of thioether (sulfide) groups is 1. The van der Waals surface area contributed by atoms with E-state index in [-0.39, 0.29) is 0 Å². The first-order valence-corrected chi connectivity index (χ1v) is 9.20. The highest BCUT2D eigenvalue weighted by Gasteiger charge is 2.15. The van der Waals surface area contributed by atoms with E-state index in [2.05, 4.69) is 13.0 Å². The summed E-state index contributed by atoms with van der Waals surface area (Å²) in [6, 6.07) is 0. The van der Waals surface area contributed by atoms with Crippen molar-refractivity contribution < 1.29 is 4.79 Å². The lowest BCUT2D eigenvalue weighted by atomic mass is 10.1. The van der Waals surface area contributed by atoms with Crippen LogP contribution in [0.15, 0.2) is 12.2 Å². The van der Waals surface area contributed by atoms with Gasteiger partial charge in [-0.05, 0) is 18.2 Å². The number of hydrogen-bond acceptors (Lipinski definition) is 2. The van der Waals surface area contributed by atoms with Crippen molar-refractivity contribution in [3.8, 4) is 0 Å². The normalized spacial score (nSPS) is 18.4. The molecule has 0 aromatic heterocycles. The highest BCUT2D eigenvalue weighted by Crippen LogP contribution is 2.23. The summed E-state index contributed by atoms with van der Waals surface area (Å²) in [4.78, 5) is 11.1. The minimum atomic E-state index is 0.306. The van der Waals surface area contributed by atoms with Gasteiger partial charge in [0.25, 0.3) is 0 Å². The molecule has 0 amide bonds. The van der Waals surface area contributed by atoms with Crippen LogP contribution in [0.2, 0.25) is 0 Å². The molecule has 1 aliphatic rings. The second kappa shape index (κ2) is 11.6. The summed E-state index contributed by atoms with van der Waals surface area (Å²) in [7, 11) is 0. The molecule has 0 heterocycles. The van der Waals surface area contributed by atoms with Gasteiger partial charge >= 0.3 is 0 Å². The molecule has 1 atom stereocenters. The number of allylic oxidation sites excluding steroid dienone is 1. The maximum Gasteiger partial charge on any atom is 0.156 e. The van der Waals surface area contributed by atoms with E-state index in [0.717, 1.165) is 6.42 Å². The molecule has 0 N–H and O–H groups in total. The van der Waals surface area contributed by atoms with Crippen molar-refractivity contribution in [2.45, 2.75) is 82.8 Å². The van der Waals surface area contributed by atoms with Crippen LogP contribution < -0.4 is 0 Å². The second-order valence-corrected chi connectivity index (χ2v) is 6.97. The van der Waals surface area contributed by atoms with E-state index < -0.39 is 0 Å². The van der Waals surface area contributed by atoms with Crippen LogP contribution in [0.1, 0.15) is 77.6 Å². The molecule has 0 spiro atoms. The molecule has 0 saturated heterocycles. The molecule has 1 rings (SSSR count). The summed E-state index contributed by atoms with van der Waals surface area (Å²) >= 11 is 1.96. The Morgan fingerprint density at radius 1 is 1.00 bits per heavy atom. The van der Waals surface area contributed by atoms with E-state index in [1.165, 1.54) is 70.0 Å². The maximum absolute atomic E-state index is 11.1. The van der Waals surface area contributed by atoms with Gasteiger partial charge in [-0.15, -0.1) is 0 Å². The standard InChI is InChI=1S/C17H30OS/c1-2-3-4-5-6-7-8-9-10-11-14-19-17-13-12-16(18)15-17/h12-13,17H,2-11,14-15H2,1H3/t17-/m1/s1. The predicted molar refractivity (Wildman–Crippen MR) is 86.9 cm³/mol. The molecule has 0 saturated carbocycles. The van der Waals surface area contributed by atoms with Gasteiger partial charge in [0.15, 0.2) is 5.78 Å². The maximum atomic E-state index is 11.1. The number of rotatable bonds is 12. The Bertz CT molecular complexity index is 260. The van der Waals surface area contributed by atoms with Crippen LogP contribution in [0.5, 0.6) is 0 Å². The zero-order chi connectivity index (χ0) is 13.8. The van der Waals surface area contributed by atoms with E-state index >= 15 is 0 Å². The number of ketones is 1. The van der Waals surface area contributed by atoms with Crippen molar-refractivity contribution >= 4 is 17.5 Å². The molecule has 0 aromatic carbocycles. The first-order valence-electron chi connectivity index (χ1n) is 8.15. The molecule has 2 heteroatoms. The first-order chi connectivity index (χ1) is 9.33. The fourth-order valence-corrected chi connectivity index (χ4v) is 3.63. The zero-order valence-electron chi connectivity index (χ0n) is 12.5. The van der Waals surface area contributed by atoms with Gasteiger partial charge in [0.05, 0.1) is 0 Å². The number of hydrogen-bond donors (Lipinski definition) is 0. The Morgan fingerprint density at radius 3 is 2.11 bits per heavy atom. The number of unbranched alkanes of at least 4 members (excludes halogenated alkanes) is 9. The predicted octanol–water partition coefficient (Wildman–Crippen LogP) is 5.54. The SMILES string of the molecule is CCCCCCCCCCCCS[C@@H]1C=CC(=O)C1. The summed E-state index contributed by atoms with van der Waals surface area (Å²) in [6.45, 7) is 2.27. The topological polar surface area (TPSA) is 17.1 Å². The Balaban J connectivity index is 1.74. The highest BCUT2D eigenvalue weighted by atomic mass is 32.2. The fourth-order valence-electron chi connectivity index (χ4n) is 2.49. The van der Waals surface area contributed by atoms with E-state index in [1.807, 2.05) is 11.8 Å². The Morgan fingerprint density at radius 2 is 1.58 bits per heavy atom. The summed E-state index contributed by atoms with van der Waals surface area (Å²) in [6.07, 6.45) is 18.5. The molecule has 110 valence electrons. The largest absolute Gasteiger partial charge is 0.295 e. The fraction of sp³-hybridized carbons (Fsp3) is 0.824. The third kappa shape index (κ3) is 9.32. The van der Waals surface area contributed by atoms with Crippen molar-refractivity contribution in [3.63, 3.8) is 0 Å². The smallest absolute Gasteiger partial charge is 0.156 e. The van der Waals surface area contributed by atoms with Crippen molar-refractivity contribution in [2.24, 2.45) is 0 Å². The van der Waals surface area contributed by atoms with Gasteiger partial charge in [-0.3, -0.25) is 4.79 Å². The average Bonchev–Trinajstić information content (AvgIpc) is 2.82. The van der Waals surface area contributed by atoms with Gasteiger partial charge in [0.1, 0.15) is 0 Å².